The van der Waals surface area contributed by atoms with Crippen molar-refractivity contribution in [2.24, 2.45) is 11.3 Å². The average molecular weight is 349 g/mol. The Morgan fingerprint density at radius 1 is 1.19 bits per heavy atom. The van der Waals surface area contributed by atoms with Gasteiger partial charge in [0, 0.05) is 24.4 Å². The highest BCUT2D eigenvalue weighted by atomic mass is 16.5. The molecule has 2 aliphatic heterocycles. The SMILES string of the molecule is COc1ccc(C2c3ccccc3CC3(C(=O)O)CN4CCC4C23)cc1. The first-order chi connectivity index (χ1) is 12.6. The summed E-state index contributed by atoms with van der Waals surface area (Å²) in [6, 6.07) is 17.0. The highest BCUT2D eigenvalue weighted by Crippen LogP contribution is 2.59. The van der Waals surface area contributed by atoms with Gasteiger partial charge in [-0.15, -0.1) is 0 Å². The molecule has 2 aromatic carbocycles. The monoisotopic (exact) mass is 349 g/mol. The van der Waals surface area contributed by atoms with Gasteiger partial charge in [-0.05, 0) is 48.2 Å². The fraction of sp³-hybridized carbons (Fsp3) is 0.409. The lowest BCUT2D eigenvalue weighted by atomic mass is 9.57. The number of ether oxygens (including phenoxy) is 1. The highest BCUT2D eigenvalue weighted by Gasteiger charge is 2.64. The summed E-state index contributed by atoms with van der Waals surface area (Å²) in [5, 5.41) is 10.3. The van der Waals surface area contributed by atoms with E-state index in [2.05, 4.69) is 35.2 Å². The van der Waals surface area contributed by atoms with E-state index in [0.29, 0.717) is 19.0 Å². The molecule has 2 aromatic rings. The van der Waals surface area contributed by atoms with Crippen molar-refractivity contribution >= 4 is 5.97 Å². The molecule has 134 valence electrons. The molecule has 0 radical (unpaired) electrons. The van der Waals surface area contributed by atoms with E-state index in [1.54, 1.807) is 7.11 Å². The molecule has 0 saturated carbocycles. The quantitative estimate of drug-likeness (QED) is 0.925. The van der Waals surface area contributed by atoms with Crippen LogP contribution < -0.4 is 4.74 Å². The van der Waals surface area contributed by atoms with E-state index in [9.17, 15) is 9.90 Å². The smallest absolute Gasteiger partial charge is 0.311 e. The van der Waals surface area contributed by atoms with E-state index in [4.69, 9.17) is 4.74 Å². The number of carboxylic acids is 1. The van der Waals surface area contributed by atoms with Gasteiger partial charge >= 0.3 is 5.97 Å². The molecular formula is C22H23NO3. The molecule has 4 heteroatoms. The van der Waals surface area contributed by atoms with Crippen molar-refractivity contribution in [3.8, 4) is 5.75 Å². The summed E-state index contributed by atoms with van der Waals surface area (Å²) in [5.74, 6) is 0.443. The molecule has 2 heterocycles. The molecule has 2 saturated heterocycles. The highest BCUT2D eigenvalue weighted by molar-refractivity contribution is 5.78. The first kappa shape index (κ1) is 15.9. The minimum Gasteiger partial charge on any atom is -0.497 e. The van der Waals surface area contributed by atoms with Crippen LogP contribution in [0.25, 0.3) is 0 Å². The van der Waals surface area contributed by atoms with Gasteiger partial charge in [-0.3, -0.25) is 9.69 Å². The summed E-state index contributed by atoms with van der Waals surface area (Å²) < 4.78 is 5.32. The maximum Gasteiger partial charge on any atom is 0.311 e. The van der Waals surface area contributed by atoms with Gasteiger partial charge < -0.3 is 9.84 Å². The van der Waals surface area contributed by atoms with Gasteiger partial charge in [0.05, 0.1) is 12.5 Å². The molecule has 4 atom stereocenters. The third-order valence-electron chi connectivity index (χ3n) is 6.87. The molecule has 0 aromatic heterocycles. The topological polar surface area (TPSA) is 49.8 Å². The molecule has 4 unspecified atom stereocenters. The molecule has 26 heavy (non-hydrogen) atoms. The Kier molecular flexibility index (Phi) is 3.41. The second kappa shape index (κ2) is 5.58. The Bertz CT molecular complexity index is 862. The number of carbonyl (C=O) groups is 1. The Balaban J connectivity index is 1.70. The van der Waals surface area contributed by atoms with Crippen LogP contribution in [0.2, 0.25) is 0 Å². The van der Waals surface area contributed by atoms with Crippen molar-refractivity contribution in [3.05, 3.63) is 65.2 Å². The fourth-order valence-corrected chi connectivity index (χ4v) is 5.63. The van der Waals surface area contributed by atoms with Crippen LogP contribution in [-0.2, 0) is 11.2 Å². The molecule has 0 bridgehead atoms. The number of fused-ring (bicyclic) bond motifs is 4. The fourth-order valence-electron chi connectivity index (χ4n) is 5.63. The van der Waals surface area contributed by atoms with Gasteiger partial charge in [0.15, 0.2) is 0 Å². The maximum absolute atomic E-state index is 12.5. The molecule has 3 aliphatic rings. The molecule has 4 nitrogen and oxygen atoms in total. The Morgan fingerprint density at radius 3 is 2.62 bits per heavy atom. The Hall–Kier alpha value is -2.33. The second-order valence-corrected chi connectivity index (χ2v) is 7.94. The van der Waals surface area contributed by atoms with Crippen molar-refractivity contribution in [2.45, 2.75) is 24.8 Å². The van der Waals surface area contributed by atoms with Gasteiger partial charge in [0.1, 0.15) is 5.75 Å². The molecule has 2 fully saturated rings. The van der Waals surface area contributed by atoms with Gasteiger partial charge in [-0.1, -0.05) is 36.4 Å². The summed E-state index contributed by atoms with van der Waals surface area (Å²) in [7, 11) is 1.67. The molecule has 1 N–H and O–H groups in total. The lowest BCUT2D eigenvalue weighted by molar-refractivity contribution is -0.151. The van der Waals surface area contributed by atoms with Crippen molar-refractivity contribution in [1.82, 2.24) is 4.90 Å². The predicted octanol–water partition coefficient (Wildman–Crippen LogP) is 3.16. The van der Waals surface area contributed by atoms with Crippen LogP contribution in [0.5, 0.6) is 5.75 Å². The van der Waals surface area contributed by atoms with Crippen LogP contribution in [0, 0.1) is 11.3 Å². The van der Waals surface area contributed by atoms with Gasteiger partial charge in [0.25, 0.3) is 0 Å². The van der Waals surface area contributed by atoms with Crippen LogP contribution in [0.1, 0.15) is 29.0 Å². The van der Waals surface area contributed by atoms with Crippen molar-refractivity contribution in [2.75, 3.05) is 20.2 Å². The molecular weight excluding hydrogens is 326 g/mol. The van der Waals surface area contributed by atoms with Crippen LogP contribution in [0.4, 0.5) is 0 Å². The minimum atomic E-state index is -0.680. The number of hydrogen-bond donors (Lipinski definition) is 1. The summed E-state index contributed by atoms with van der Waals surface area (Å²) in [6.45, 7) is 1.71. The molecule has 0 spiro atoms. The van der Waals surface area contributed by atoms with E-state index >= 15 is 0 Å². The van der Waals surface area contributed by atoms with Gasteiger partial charge in [-0.2, -0.15) is 0 Å². The largest absolute Gasteiger partial charge is 0.497 e. The number of nitrogens with zero attached hydrogens (tertiary/aromatic N) is 1. The van der Waals surface area contributed by atoms with Crippen molar-refractivity contribution < 1.29 is 14.6 Å². The van der Waals surface area contributed by atoms with E-state index in [0.717, 1.165) is 18.7 Å². The number of methoxy groups -OCH3 is 1. The van der Waals surface area contributed by atoms with E-state index < -0.39 is 11.4 Å². The maximum atomic E-state index is 12.5. The lowest BCUT2D eigenvalue weighted by Crippen LogP contribution is -2.49. The normalized spacial score (nSPS) is 32.1. The van der Waals surface area contributed by atoms with E-state index in [1.165, 1.54) is 16.7 Å². The summed E-state index contributed by atoms with van der Waals surface area (Å²) in [5.41, 5.74) is 3.00. The van der Waals surface area contributed by atoms with Crippen LogP contribution in [0.15, 0.2) is 48.5 Å². The lowest BCUT2D eigenvalue weighted by Gasteiger charge is -2.45. The van der Waals surface area contributed by atoms with Crippen molar-refractivity contribution in [1.29, 1.82) is 0 Å². The van der Waals surface area contributed by atoms with Crippen LogP contribution in [-0.4, -0.2) is 42.2 Å². The standard InChI is InChI=1S/C22H23NO3/c1-26-16-8-6-14(7-9-16)19-17-5-3-2-4-15(17)12-22(21(24)25)13-23-11-10-18(23)20(19)22/h2-9,18-20H,10-13H2,1H3,(H,24,25). The summed E-state index contributed by atoms with van der Waals surface area (Å²) in [6.07, 6.45) is 1.75. The number of carboxylic acid groups (broad SMARTS) is 1. The zero-order chi connectivity index (χ0) is 17.9. The minimum absolute atomic E-state index is 0.122. The van der Waals surface area contributed by atoms with Crippen LogP contribution in [0.3, 0.4) is 0 Å². The predicted molar refractivity (Wildman–Crippen MR) is 98.5 cm³/mol. The third kappa shape index (κ3) is 2.02. The number of hydrogen-bond acceptors (Lipinski definition) is 3. The first-order valence-corrected chi connectivity index (χ1v) is 9.33. The molecule has 5 rings (SSSR count). The molecule has 0 amide bonds. The third-order valence-corrected chi connectivity index (χ3v) is 6.87. The molecule has 1 aliphatic carbocycles. The number of aliphatic carboxylic acids is 1. The Labute approximate surface area is 153 Å². The van der Waals surface area contributed by atoms with Gasteiger partial charge in [0.2, 0.25) is 0 Å². The van der Waals surface area contributed by atoms with E-state index in [-0.39, 0.29) is 11.8 Å². The number of rotatable bonds is 3. The summed E-state index contributed by atoms with van der Waals surface area (Å²) >= 11 is 0. The second-order valence-electron chi connectivity index (χ2n) is 7.94. The zero-order valence-electron chi connectivity index (χ0n) is 14.9. The Morgan fingerprint density at radius 2 is 1.96 bits per heavy atom. The zero-order valence-corrected chi connectivity index (χ0v) is 14.9. The average Bonchev–Trinajstić information content (AvgIpc) is 2.87. The van der Waals surface area contributed by atoms with E-state index in [1.807, 2.05) is 18.2 Å². The van der Waals surface area contributed by atoms with Gasteiger partial charge in [-0.25, -0.2) is 0 Å². The number of benzene rings is 2. The van der Waals surface area contributed by atoms with Crippen molar-refractivity contribution in [3.63, 3.8) is 0 Å². The first-order valence-electron chi connectivity index (χ1n) is 9.33. The summed E-state index contributed by atoms with van der Waals surface area (Å²) in [4.78, 5) is 14.9. The van der Waals surface area contributed by atoms with Crippen LogP contribution >= 0.6 is 0 Å².